The van der Waals surface area contributed by atoms with Gasteiger partial charge in [0.05, 0.1) is 38.6 Å². The van der Waals surface area contributed by atoms with Gasteiger partial charge in [0.2, 0.25) is 5.91 Å². The maximum atomic E-state index is 13.3. The van der Waals surface area contributed by atoms with E-state index < -0.39 is 124 Å². The van der Waals surface area contributed by atoms with E-state index in [1.807, 2.05) is 6.08 Å². The minimum absolute atomic E-state index is 0.225. The lowest BCUT2D eigenvalue weighted by Gasteiger charge is -2.48. The van der Waals surface area contributed by atoms with Gasteiger partial charge in [-0.2, -0.15) is 0 Å². The fraction of sp³-hybridized carbons (Fsp3) is 0.842. The number of rotatable bonds is 41. The number of nitrogens with one attached hydrogen (secondary N) is 1. The molecular weight excluding hydrogens is 987 g/mol. The summed E-state index contributed by atoms with van der Waals surface area (Å²) < 4.78 is 34.2. The van der Waals surface area contributed by atoms with Gasteiger partial charge < -0.3 is 89.9 Å². The van der Waals surface area contributed by atoms with Gasteiger partial charge in [0, 0.05) is 6.42 Å². The quantitative estimate of drug-likeness (QED) is 0.0300. The van der Waals surface area contributed by atoms with Gasteiger partial charge >= 0.3 is 0 Å². The van der Waals surface area contributed by atoms with E-state index in [4.69, 9.17) is 28.4 Å². The predicted octanol–water partition coefficient (Wildman–Crippen LogP) is 4.31. The van der Waals surface area contributed by atoms with E-state index >= 15 is 0 Å². The van der Waals surface area contributed by atoms with Gasteiger partial charge in [-0.25, -0.2) is 0 Å². The van der Waals surface area contributed by atoms with Gasteiger partial charge in [0.1, 0.15) is 73.2 Å². The zero-order valence-electron chi connectivity index (χ0n) is 45.7. The molecule has 1 amide bonds. The van der Waals surface area contributed by atoms with E-state index in [0.717, 1.165) is 77.0 Å². The van der Waals surface area contributed by atoms with Crippen LogP contribution in [0.4, 0.5) is 0 Å². The van der Waals surface area contributed by atoms with Crippen molar-refractivity contribution in [1.29, 1.82) is 0 Å². The van der Waals surface area contributed by atoms with E-state index in [9.17, 15) is 61.0 Å². The molecule has 17 unspecified atom stereocenters. The first-order valence-electron chi connectivity index (χ1n) is 28.9. The van der Waals surface area contributed by atoms with Crippen LogP contribution in [0, 0.1) is 0 Å². The molecule has 0 aromatic carbocycles. The Morgan fingerprint density at radius 1 is 0.474 bits per heavy atom. The molecule has 3 rings (SSSR count). The number of hydrogen-bond donors (Lipinski definition) is 12. The number of unbranched alkanes of at least 4 members (excludes halogenated alkanes) is 19. The number of allylic oxidation sites excluding steroid dienone is 7. The van der Waals surface area contributed by atoms with Crippen molar-refractivity contribution in [3.05, 3.63) is 48.6 Å². The highest BCUT2D eigenvalue weighted by Gasteiger charge is 2.53. The average Bonchev–Trinajstić information content (AvgIpc) is 3.42. The number of amides is 1. The Bertz CT molecular complexity index is 1580. The third-order valence-corrected chi connectivity index (χ3v) is 14.3. The van der Waals surface area contributed by atoms with Gasteiger partial charge in [-0.1, -0.05) is 152 Å². The van der Waals surface area contributed by atoms with E-state index in [1.165, 1.54) is 64.2 Å². The molecule has 19 heteroatoms. The van der Waals surface area contributed by atoms with Gasteiger partial charge in [0.15, 0.2) is 18.9 Å². The Balaban J connectivity index is 1.53. The van der Waals surface area contributed by atoms with Crippen molar-refractivity contribution in [2.24, 2.45) is 0 Å². The summed E-state index contributed by atoms with van der Waals surface area (Å²) in [5.41, 5.74) is 0. The lowest BCUT2D eigenvalue weighted by Crippen LogP contribution is -2.66. The van der Waals surface area contributed by atoms with Crippen LogP contribution in [-0.2, 0) is 33.2 Å². The normalized spacial score (nSPS) is 31.3. The second-order valence-electron chi connectivity index (χ2n) is 20.7. The summed E-state index contributed by atoms with van der Waals surface area (Å²) >= 11 is 0. The monoisotopic (exact) mass is 1090 g/mol. The van der Waals surface area contributed by atoms with Crippen molar-refractivity contribution in [1.82, 2.24) is 5.32 Å². The van der Waals surface area contributed by atoms with Gasteiger partial charge in [-0.15, -0.1) is 0 Å². The largest absolute Gasteiger partial charge is 0.394 e. The summed E-state index contributed by atoms with van der Waals surface area (Å²) in [6.45, 7) is 1.64. The van der Waals surface area contributed by atoms with Crippen molar-refractivity contribution >= 4 is 5.91 Å². The molecule has 17 atom stereocenters. The van der Waals surface area contributed by atoms with Crippen LogP contribution in [0.2, 0.25) is 0 Å². The third kappa shape index (κ3) is 25.0. The highest BCUT2D eigenvalue weighted by atomic mass is 16.8. The Morgan fingerprint density at radius 2 is 0.882 bits per heavy atom. The average molecular weight is 1090 g/mol. The van der Waals surface area contributed by atoms with Crippen molar-refractivity contribution in [3.63, 3.8) is 0 Å². The van der Waals surface area contributed by atoms with Crippen LogP contribution in [0.25, 0.3) is 0 Å². The molecule has 3 saturated heterocycles. The highest BCUT2D eigenvalue weighted by molar-refractivity contribution is 5.76. The summed E-state index contributed by atoms with van der Waals surface area (Å²) in [4.78, 5) is 13.3. The Hall–Kier alpha value is -2.25. The van der Waals surface area contributed by atoms with Crippen molar-refractivity contribution in [2.45, 2.75) is 279 Å². The molecule has 12 N–H and O–H groups in total. The molecule has 3 aliphatic rings. The molecule has 0 aromatic heterocycles. The van der Waals surface area contributed by atoms with Crippen LogP contribution in [0.1, 0.15) is 174 Å². The molecule has 442 valence electrons. The van der Waals surface area contributed by atoms with Crippen LogP contribution in [0.5, 0.6) is 0 Å². The number of aliphatic hydroxyl groups excluding tert-OH is 11. The summed E-state index contributed by atoms with van der Waals surface area (Å²) in [7, 11) is 0. The van der Waals surface area contributed by atoms with Crippen molar-refractivity contribution in [2.75, 3.05) is 26.4 Å². The minimum Gasteiger partial charge on any atom is -0.394 e. The molecule has 0 saturated carbocycles. The standard InChI is InChI=1S/C57H101NO18/c1-3-5-7-9-11-13-15-17-18-19-20-21-23-25-27-29-31-33-35-45(63)58-40(41(62)34-32-30-28-26-24-22-16-14-12-10-8-6-4-2)39-71-55-51(69)48(66)53(43(37-60)73-55)76-57-52(70)49(67)54(44(38-61)74-57)75-56-50(68)47(65)46(64)42(36-59)72-56/h13,15,18-19,24,26,32,34,40-44,46-57,59-62,64-70H,3-12,14,16-17,20-23,25,27-31,33,35-39H2,1-2H3,(H,58,63)/b15-13-,19-18-,26-24+,34-32+. The highest BCUT2D eigenvalue weighted by Crippen LogP contribution is 2.33. The summed E-state index contributed by atoms with van der Waals surface area (Å²) in [5.74, 6) is -0.297. The molecule has 3 aliphatic heterocycles. The fourth-order valence-electron chi connectivity index (χ4n) is 9.53. The van der Waals surface area contributed by atoms with Crippen LogP contribution in [-0.4, -0.2) is 193 Å². The zero-order valence-corrected chi connectivity index (χ0v) is 45.7. The topological polar surface area (TPSA) is 307 Å². The molecule has 0 aliphatic carbocycles. The first kappa shape index (κ1) is 68.0. The predicted molar refractivity (Wildman–Crippen MR) is 286 cm³/mol. The van der Waals surface area contributed by atoms with Crippen LogP contribution < -0.4 is 5.32 Å². The SMILES string of the molecule is CCCCCC/C=C\C/C=C\CCCCCCCCCC(=O)NC(COC1OC(CO)C(OC2OC(CO)C(OC3OC(CO)C(O)C(O)C3O)C(O)C2O)C(O)C1O)C(O)/C=C/CC/C=C/CCCCCCCCC. The smallest absolute Gasteiger partial charge is 0.220 e. The minimum atomic E-state index is -1.98. The lowest BCUT2D eigenvalue weighted by molar-refractivity contribution is -0.379. The molecule has 76 heavy (non-hydrogen) atoms. The number of carbonyl (C=O) groups excluding carboxylic acids is 1. The Morgan fingerprint density at radius 3 is 1.41 bits per heavy atom. The summed E-state index contributed by atoms with van der Waals surface area (Å²) in [6, 6.07) is -0.993. The second kappa shape index (κ2) is 40.9. The van der Waals surface area contributed by atoms with E-state index in [-0.39, 0.29) is 18.9 Å². The molecular formula is C57H101NO18. The molecule has 0 aromatic rings. The third-order valence-electron chi connectivity index (χ3n) is 14.3. The molecule has 0 bridgehead atoms. The van der Waals surface area contributed by atoms with Crippen LogP contribution in [0.15, 0.2) is 48.6 Å². The summed E-state index contributed by atoms with van der Waals surface area (Å²) in [5, 5.41) is 120. The maximum Gasteiger partial charge on any atom is 0.220 e. The number of ether oxygens (including phenoxy) is 6. The first-order chi connectivity index (χ1) is 36.8. The Labute approximate surface area is 453 Å². The first-order valence-corrected chi connectivity index (χ1v) is 28.9. The number of carbonyl (C=O) groups is 1. The lowest BCUT2D eigenvalue weighted by atomic mass is 9.96. The molecule has 19 nitrogen and oxygen atoms in total. The molecule has 3 fully saturated rings. The van der Waals surface area contributed by atoms with Gasteiger partial charge in [0.25, 0.3) is 0 Å². The fourth-order valence-corrected chi connectivity index (χ4v) is 9.53. The molecule has 0 spiro atoms. The Kier molecular flexibility index (Phi) is 36.6. The molecule has 3 heterocycles. The van der Waals surface area contributed by atoms with Crippen LogP contribution >= 0.6 is 0 Å². The van der Waals surface area contributed by atoms with E-state index in [2.05, 4.69) is 55.6 Å². The van der Waals surface area contributed by atoms with E-state index in [0.29, 0.717) is 12.8 Å². The van der Waals surface area contributed by atoms with Gasteiger partial charge in [-0.05, 0) is 64.2 Å². The van der Waals surface area contributed by atoms with Crippen LogP contribution in [0.3, 0.4) is 0 Å². The number of aliphatic hydroxyl groups is 11. The van der Waals surface area contributed by atoms with E-state index in [1.54, 1.807) is 6.08 Å². The summed E-state index contributed by atoms with van der Waals surface area (Å²) in [6.07, 6.45) is 16.7. The van der Waals surface area contributed by atoms with Gasteiger partial charge in [-0.3, -0.25) is 4.79 Å². The molecule has 0 radical (unpaired) electrons. The second-order valence-corrected chi connectivity index (χ2v) is 20.7. The number of hydrogen-bond acceptors (Lipinski definition) is 18. The zero-order chi connectivity index (χ0) is 55.5. The maximum absolute atomic E-state index is 13.3. The van der Waals surface area contributed by atoms with Crippen molar-refractivity contribution < 1.29 is 89.4 Å². The van der Waals surface area contributed by atoms with Crippen molar-refractivity contribution in [3.8, 4) is 0 Å².